The van der Waals surface area contributed by atoms with E-state index in [0.717, 1.165) is 66.1 Å². The summed E-state index contributed by atoms with van der Waals surface area (Å²) in [5.41, 5.74) is 9.19. The number of hydrogen-bond acceptors (Lipinski definition) is 9. The lowest BCUT2D eigenvalue weighted by atomic mass is 9.82. The second kappa shape index (κ2) is 25.4. The molecule has 0 unspecified atom stereocenters. The van der Waals surface area contributed by atoms with Gasteiger partial charge in [0.1, 0.15) is 49.4 Å². The highest BCUT2D eigenvalue weighted by atomic mass is 32.2. The molecule has 1 aliphatic rings. The number of fused-ring (bicyclic) bond motifs is 3. The van der Waals surface area contributed by atoms with Gasteiger partial charge in [0, 0.05) is 17.2 Å². The Morgan fingerprint density at radius 3 is 1.72 bits per heavy atom. The summed E-state index contributed by atoms with van der Waals surface area (Å²) in [6.45, 7) is 18.4. The maximum absolute atomic E-state index is 15.6. The molecule has 1 heterocycles. The average molecular weight is 1150 g/mol. The largest absolute Gasteiger partial charge is 0.496 e. The molecule has 2 atom stereocenters. The molecule has 0 bridgehead atoms. The second-order valence-corrected chi connectivity index (χ2v) is 30.0. The van der Waals surface area contributed by atoms with E-state index in [1.54, 1.807) is 37.4 Å². The number of esters is 1. The summed E-state index contributed by atoms with van der Waals surface area (Å²) in [4.78, 5) is 14.6. The van der Waals surface area contributed by atoms with Gasteiger partial charge in [-0.15, -0.1) is 0 Å². The number of carbonyl (C=O) groups excluding carboxylic acids is 1. The summed E-state index contributed by atoms with van der Waals surface area (Å²) in [7, 11) is -4.97. The first-order chi connectivity index (χ1) is 40.1. The quantitative estimate of drug-likeness (QED) is 0.0484. The number of hydrogen-bond donors (Lipinski definition) is 0. The molecule has 0 spiro atoms. The molecule has 0 aliphatic carbocycles. The summed E-state index contributed by atoms with van der Waals surface area (Å²) in [5.74, 6) is 1.67. The predicted molar refractivity (Wildman–Crippen MR) is 334 cm³/mol. The number of rotatable bonds is 22. The number of ether oxygens (including phenoxy) is 5. The normalized spacial score (nSPS) is 14.7. The van der Waals surface area contributed by atoms with Gasteiger partial charge >= 0.3 is 5.97 Å². The zero-order valence-electron chi connectivity index (χ0n) is 49.1. The minimum Gasteiger partial charge on any atom is -0.496 e. The molecular formula is C71H75NO9SSi. The lowest BCUT2D eigenvalue weighted by Crippen LogP contribution is -2.49. The minimum absolute atomic E-state index is 0.103. The topological polar surface area (TPSA) is 110 Å². The van der Waals surface area contributed by atoms with Crippen molar-refractivity contribution in [2.24, 2.45) is 0 Å². The molecule has 0 saturated carbocycles. The van der Waals surface area contributed by atoms with Crippen LogP contribution >= 0.6 is 0 Å². The average Bonchev–Trinajstić information content (AvgIpc) is 3.11. The van der Waals surface area contributed by atoms with Crippen LogP contribution in [0.3, 0.4) is 0 Å². The highest BCUT2D eigenvalue weighted by molar-refractivity contribution is 7.89. The van der Waals surface area contributed by atoms with Gasteiger partial charge in [-0.1, -0.05) is 187 Å². The van der Waals surface area contributed by atoms with E-state index in [0.29, 0.717) is 64.0 Å². The van der Waals surface area contributed by atoms with Gasteiger partial charge in [0.2, 0.25) is 18.3 Å². The van der Waals surface area contributed by atoms with Crippen LogP contribution in [-0.4, -0.2) is 46.8 Å². The summed E-state index contributed by atoms with van der Waals surface area (Å²) in [6.07, 6.45) is 0.103. The summed E-state index contributed by atoms with van der Waals surface area (Å²) >= 11 is 0. The van der Waals surface area contributed by atoms with Crippen molar-refractivity contribution in [2.75, 3.05) is 13.7 Å². The van der Waals surface area contributed by atoms with Crippen LogP contribution in [0.4, 0.5) is 0 Å². The Bertz CT molecular complexity index is 3810. The highest BCUT2D eigenvalue weighted by Crippen LogP contribution is 2.53. The fraction of sp³-hybridized carbons (Fsp3) is 0.282. The van der Waals surface area contributed by atoms with Crippen LogP contribution in [0.5, 0.6) is 23.0 Å². The Kier molecular flexibility index (Phi) is 17.9. The van der Waals surface area contributed by atoms with Crippen molar-refractivity contribution in [3.05, 3.63) is 233 Å². The van der Waals surface area contributed by atoms with Gasteiger partial charge < -0.3 is 28.1 Å². The molecule has 0 radical (unpaired) electrons. The summed E-state index contributed by atoms with van der Waals surface area (Å²) in [5, 5.41) is 3.20. The Balaban J connectivity index is 1.23. The fourth-order valence-corrected chi connectivity index (χ4v) is 19.8. The third-order valence-corrected chi connectivity index (χ3v) is 24.6. The number of aryl methyl sites for hydroxylation is 1. The third kappa shape index (κ3) is 12.2. The van der Waals surface area contributed by atoms with Crippen LogP contribution in [0.15, 0.2) is 193 Å². The van der Waals surface area contributed by atoms with Gasteiger partial charge in [0.05, 0.1) is 41.6 Å². The molecule has 0 saturated heterocycles. The Hall–Kier alpha value is -7.74. The van der Waals surface area contributed by atoms with Crippen molar-refractivity contribution in [1.82, 2.24) is 4.31 Å². The monoisotopic (exact) mass is 1150 g/mol. The standard InChI is InChI=1S/C71H75NO9SSi/c1-47(2)83(48(3)4,49(5)6)81-45-55-38-62-60(36-37-64(70(62)65(39-55)76-9)77-42-52-22-13-10-14-23-52)69-63-40-57(46-80-71(73)61-31-21-29-56-28-19-20-30-59(56)61)72(82(74,75)58-34-32-50(7)33-35-58)51(8)68(63)66(78-43-53-24-15-11-16-25-53)41-67(69)79-44-54-26-17-12-18-27-54/h10-39,41,47-49,51,57H,40,42-46H2,1-9H3/t51-,57+/m1/s1. The number of carbonyl (C=O) groups is 1. The van der Waals surface area contributed by atoms with E-state index in [2.05, 4.69) is 59.7 Å². The molecule has 428 valence electrons. The SMILES string of the molecule is COc1cc(CO[Si](C(C)C)(C(C)C)C(C)C)cc2c(-c3c(OCc4ccccc4)cc(OCc4ccccc4)c4c3C[C@@H](COC(=O)c3cccc5ccccc35)N(S(=O)(=O)c3ccc(C)cc3)[C@@H]4C)ccc(OCc3ccccc3)c12. The van der Waals surface area contributed by atoms with E-state index in [1.165, 1.54) is 4.31 Å². The number of nitrogens with zero attached hydrogens (tertiary/aromatic N) is 1. The first kappa shape index (κ1) is 58.5. The molecule has 12 heteroatoms. The van der Waals surface area contributed by atoms with Crippen LogP contribution < -0.4 is 18.9 Å². The van der Waals surface area contributed by atoms with Crippen LogP contribution in [-0.2, 0) is 52.0 Å². The molecule has 1 aliphatic heterocycles. The van der Waals surface area contributed by atoms with Crippen LogP contribution in [0.2, 0.25) is 16.6 Å². The maximum Gasteiger partial charge on any atom is 0.338 e. The molecule has 10 rings (SSSR count). The van der Waals surface area contributed by atoms with Crippen molar-refractivity contribution in [3.8, 4) is 34.1 Å². The molecule has 0 N–H and O–H groups in total. The Morgan fingerprint density at radius 2 is 1.13 bits per heavy atom. The van der Waals surface area contributed by atoms with E-state index in [9.17, 15) is 4.79 Å². The van der Waals surface area contributed by atoms with Gasteiger partial charge in [-0.05, 0) is 129 Å². The molecule has 0 amide bonds. The smallest absolute Gasteiger partial charge is 0.338 e. The molecular weight excluding hydrogens is 1070 g/mol. The number of benzene rings is 9. The Labute approximate surface area is 491 Å². The molecule has 10 nitrogen and oxygen atoms in total. The highest BCUT2D eigenvalue weighted by Gasteiger charge is 2.46. The van der Waals surface area contributed by atoms with Gasteiger partial charge in [-0.2, -0.15) is 4.31 Å². The van der Waals surface area contributed by atoms with Crippen molar-refractivity contribution < 1.29 is 41.3 Å². The van der Waals surface area contributed by atoms with Gasteiger partial charge in [0.25, 0.3) is 0 Å². The van der Waals surface area contributed by atoms with Crippen molar-refractivity contribution >= 4 is 45.9 Å². The lowest BCUT2D eigenvalue weighted by Gasteiger charge is -2.42. The van der Waals surface area contributed by atoms with Crippen LogP contribution in [0.25, 0.3) is 32.7 Å². The van der Waals surface area contributed by atoms with Crippen LogP contribution in [0, 0.1) is 6.92 Å². The minimum atomic E-state index is -4.29. The van der Waals surface area contributed by atoms with E-state index < -0.39 is 36.4 Å². The van der Waals surface area contributed by atoms with Gasteiger partial charge in [-0.25, -0.2) is 13.2 Å². The summed E-state index contributed by atoms with van der Waals surface area (Å²) < 4.78 is 73.8. The van der Waals surface area contributed by atoms with Gasteiger partial charge in [-0.3, -0.25) is 0 Å². The van der Waals surface area contributed by atoms with E-state index in [-0.39, 0.29) is 31.1 Å². The second-order valence-electron chi connectivity index (χ2n) is 22.7. The number of methoxy groups -OCH3 is 1. The third-order valence-electron chi connectivity index (χ3n) is 16.5. The summed E-state index contributed by atoms with van der Waals surface area (Å²) in [6, 6.07) is 58.6. The van der Waals surface area contributed by atoms with Crippen LogP contribution in [0.1, 0.15) is 104 Å². The zero-order chi connectivity index (χ0) is 58.4. The molecule has 0 aromatic heterocycles. The van der Waals surface area contributed by atoms with E-state index in [1.807, 2.05) is 153 Å². The van der Waals surface area contributed by atoms with Crippen molar-refractivity contribution in [1.29, 1.82) is 0 Å². The number of sulfonamides is 1. The van der Waals surface area contributed by atoms with Crippen molar-refractivity contribution in [3.63, 3.8) is 0 Å². The fourth-order valence-electron chi connectivity index (χ4n) is 12.7. The molecule has 83 heavy (non-hydrogen) atoms. The van der Waals surface area contributed by atoms with Crippen molar-refractivity contribution in [2.45, 2.75) is 122 Å². The first-order valence-corrected chi connectivity index (χ1v) is 32.4. The zero-order valence-corrected chi connectivity index (χ0v) is 50.9. The lowest BCUT2D eigenvalue weighted by molar-refractivity contribution is 0.0388. The molecule has 9 aromatic carbocycles. The Morgan fingerprint density at radius 1 is 0.578 bits per heavy atom. The van der Waals surface area contributed by atoms with E-state index >= 15 is 8.42 Å². The van der Waals surface area contributed by atoms with E-state index in [4.69, 9.17) is 28.1 Å². The predicted octanol–water partition coefficient (Wildman–Crippen LogP) is 16.9. The first-order valence-electron chi connectivity index (χ1n) is 28.8. The molecule has 9 aromatic rings. The van der Waals surface area contributed by atoms with Gasteiger partial charge in [0.15, 0.2) is 0 Å². The maximum atomic E-state index is 15.6. The molecule has 0 fully saturated rings.